The predicted molar refractivity (Wildman–Crippen MR) is 88.9 cm³/mol. The quantitative estimate of drug-likeness (QED) is 0.618. The maximum atomic E-state index is 12.1. The summed E-state index contributed by atoms with van der Waals surface area (Å²) in [6.45, 7) is 1.32. The molecule has 8 nitrogen and oxygen atoms in total. The van der Waals surface area contributed by atoms with Crippen LogP contribution in [0.1, 0.15) is 18.9 Å². The number of hydrogen-bond acceptors (Lipinski definition) is 6. The minimum Gasteiger partial charge on any atom is -0.368 e. The van der Waals surface area contributed by atoms with Gasteiger partial charge in [0.15, 0.2) is 9.84 Å². The monoisotopic (exact) mass is 350 g/mol. The van der Waals surface area contributed by atoms with E-state index in [2.05, 4.69) is 5.10 Å². The van der Waals surface area contributed by atoms with Gasteiger partial charge < -0.3 is 4.90 Å². The standard InChI is InChI=1S/C15H18N4O4S/c1-24(22,23)15-10-12(19(20)21)5-6-14(15)17-8-2-4-13(11-17)18-9-3-7-16-18/h3,5-7,9-10,13H,2,4,8,11H2,1H3. The van der Waals surface area contributed by atoms with Crippen LogP contribution in [0.4, 0.5) is 11.4 Å². The zero-order valence-corrected chi connectivity index (χ0v) is 14.0. The largest absolute Gasteiger partial charge is 0.368 e. The smallest absolute Gasteiger partial charge is 0.270 e. The second-order valence-corrected chi connectivity index (χ2v) is 7.89. The van der Waals surface area contributed by atoms with Crippen LogP contribution in [0.5, 0.6) is 0 Å². The lowest BCUT2D eigenvalue weighted by molar-refractivity contribution is -0.385. The number of hydrogen-bond donors (Lipinski definition) is 0. The van der Waals surface area contributed by atoms with E-state index in [-0.39, 0.29) is 16.6 Å². The third kappa shape index (κ3) is 3.25. The molecule has 0 bridgehead atoms. The first kappa shape index (κ1) is 16.4. The summed E-state index contributed by atoms with van der Waals surface area (Å²) in [6, 6.07) is 6.02. The zero-order chi connectivity index (χ0) is 17.3. The molecule has 0 amide bonds. The third-order valence-electron chi connectivity index (χ3n) is 4.19. The van der Waals surface area contributed by atoms with E-state index in [9.17, 15) is 18.5 Å². The number of aromatic nitrogens is 2. The van der Waals surface area contributed by atoms with Crippen molar-refractivity contribution >= 4 is 21.2 Å². The highest BCUT2D eigenvalue weighted by Crippen LogP contribution is 2.33. The van der Waals surface area contributed by atoms with Crippen LogP contribution in [0, 0.1) is 10.1 Å². The lowest BCUT2D eigenvalue weighted by Crippen LogP contribution is -2.37. The molecule has 0 N–H and O–H groups in total. The number of sulfone groups is 1. The first-order chi connectivity index (χ1) is 11.4. The molecule has 1 aromatic heterocycles. The van der Waals surface area contributed by atoms with Gasteiger partial charge in [-0.1, -0.05) is 0 Å². The van der Waals surface area contributed by atoms with Gasteiger partial charge in [0, 0.05) is 43.9 Å². The van der Waals surface area contributed by atoms with Gasteiger partial charge in [-0.3, -0.25) is 14.8 Å². The number of nitro groups is 1. The van der Waals surface area contributed by atoms with Crippen molar-refractivity contribution < 1.29 is 13.3 Å². The molecule has 1 aliphatic heterocycles. The Bertz CT molecular complexity index is 848. The maximum absolute atomic E-state index is 12.1. The fraction of sp³-hybridized carbons (Fsp3) is 0.400. The van der Waals surface area contributed by atoms with E-state index < -0.39 is 14.8 Å². The lowest BCUT2D eigenvalue weighted by atomic mass is 10.0. The minimum atomic E-state index is -3.58. The molecule has 9 heteroatoms. The Balaban J connectivity index is 1.97. The Morgan fingerprint density at radius 3 is 2.79 bits per heavy atom. The first-order valence-electron chi connectivity index (χ1n) is 7.59. The normalized spacial score (nSPS) is 18.5. The van der Waals surface area contributed by atoms with Crippen molar-refractivity contribution in [3.05, 3.63) is 46.8 Å². The van der Waals surface area contributed by atoms with Crippen LogP contribution in [-0.2, 0) is 9.84 Å². The number of benzene rings is 1. The number of nitrogens with zero attached hydrogens (tertiary/aromatic N) is 4. The van der Waals surface area contributed by atoms with Crippen molar-refractivity contribution in [1.82, 2.24) is 9.78 Å². The molecule has 1 aliphatic rings. The fourth-order valence-electron chi connectivity index (χ4n) is 3.06. The third-order valence-corrected chi connectivity index (χ3v) is 5.32. The number of non-ortho nitro benzene ring substituents is 1. The summed E-state index contributed by atoms with van der Waals surface area (Å²) < 4.78 is 26.1. The highest BCUT2D eigenvalue weighted by atomic mass is 32.2. The molecule has 1 saturated heterocycles. The number of rotatable bonds is 4. The molecule has 3 rings (SSSR count). The second-order valence-electron chi connectivity index (χ2n) is 5.91. The van der Waals surface area contributed by atoms with Gasteiger partial charge in [0.1, 0.15) is 0 Å². The van der Waals surface area contributed by atoms with Crippen LogP contribution in [0.3, 0.4) is 0 Å². The molecular weight excluding hydrogens is 332 g/mol. The molecule has 0 spiro atoms. The number of piperidine rings is 1. The van der Waals surface area contributed by atoms with Crippen LogP contribution >= 0.6 is 0 Å². The number of anilines is 1. The van der Waals surface area contributed by atoms with Gasteiger partial charge in [-0.25, -0.2) is 8.42 Å². The van der Waals surface area contributed by atoms with E-state index in [1.165, 1.54) is 12.1 Å². The minimum absolute atomic E-state index is 0.00202. The van der Waals surface area contributed by atoms with Crippen molar-refractivity contribution in [2.45, 2.75) is 23.8 Å². The number of nitro benzene ring substituents is 1. The van der Waals surface area contributed by atoms with Gasteiger partial charge in [0.25, 0.3) is 5.69 Å². The van der Waals surface area contributed by atoms with Crippen molar-refractivity contribution in [2.75, 3.05) is 24.2 Å². The Kier molecular flexibility index (Phi) is 4.27. The van der Waals surface area contributed by atoms with Crippen LogP contribution in [-0.4, -0.2) is 42.5 Å². The van der Waals surface area contributed by atoms with Crippen molar-refractivity contribution in [1.29, 1.82) is 0 Å². The second kappa shape index (κ2) is 6.23. The van der Waals surface area contributed by atoms with E-state index in [1.807, 2.05) is 21.8 Å². The summed E-state index contributed by atoms with van der Waals surface area (Å²) in [6.07, 6.45) is 6.53. The topological polar surface area (TPSA) is 98.3 Å². The summed E-state index contributed by atoms with van der Waals surface area (Å²) in [4.78, 5) is 12.3. The molecule has 0 aliphatic carbocycles. The van der Waals surface area contributed by atoms with E-state index in [0.29, 0.717) is 18.8 Å². The van der Waals surface area contributed by atoms with Gasteiger partial charge in [0.2, 0.25) is 0 Å². The Hall–Kier alpha value is -2.42. The molecule has 0 saturated carbocycles. The van der Waals surface area contributed by atoms with Gasteiger partial charge in [-0.05, 0) is 25.0 Å². The van der Waals surface area contributed by atoms with Gasteiger partial charge in [-0.2, -0.15) is 5.10 Å². The summed E-state index contributed by atoms with van der Waals surface area (Å²) in [7, 11) is -3.58. The fourth-order valence-corrected chi connectivity index (χ4v) is 3.97. The van der Waals surface area contributed by atoms with E-state index in [4.69, 9.17) is 0 Å². The van der Waals surface area contributed by atoms with Gasteiger partial charge >= 0.3 is 0 Å². The van der Waals surface area contributed by atoms with Crippen molar-refractivity contribution in [3.8, 4) is 0 Å². The van der Waals surface area contributed by atoms with E-state index >= 15 is 0 Å². The first-order valence-corrected chi connectivity index (χ1v) is 9.48. The SMILES string of the molecule is CS(=O)(=O)c1cc([N+](=O)[O-])ccc1N1CCCC(n2cccn2)C1. The zero-order valence-electron chi connectivity index (χ0n) is 13.2. The molecule has 24 heavy (non-hydrogen) atoms. The summed E-state index contributed by atoms with van der Waals surface area (Å²) in [5, 5.41) is 15.2. The molecule has 1 unspecified atom stereocenters. The Morgan fingerprint density at radius 1 is 1.38 bits per heavy atom. The Labute approximate surface area is 139 Å². The van der Waals surface area contributed by atoms with E-state index in [1.54, 1.807) is 6.20 Å². The molecule has 1 fully saturated rings. The Morgan fingerprint density at radius 2 is 2.17 bits per heavy atom. The lowest BCUT2D eigenvalue weighted by Gasteiger charge is -2.35. The van der Waals surface area contributed by atoms with Crippen LogP contribution < -0.4 is 4.90 Å². The van der Waals surface area contributed by atoms with Crippen molar-refractivity contribution in [2.24, 2.45) is 0 Å². The van der Waals surface area contributed by atoms with Gasteiger partial charge in [-0.15, -0.1) is 0 Å². The average Bonchev–Trinajstić information content (AvgIpc) is 3.08. The molecule has 1 atom stereocenters. The maximum Gasteiger partial charge on any atom is 0.270 e. The van der Waals surface area contributed by atoms with Crippen molar-refractivity contribution in [3.63, 3.8) is 0 Å². The molecule has 128 valence electrons. The van der Waals surface area contributed by atoms with Crippen LogP contribution in [0.15, 0.2) is 41.6 Å². The summed E-state index contributed by atoms with van der Waals surface area (Å²) >= 11 is 0. The molecule has 0 radical (unpaired) electrons. The predicted octanol–water partition coefficient (Wildman–Crippen LogP) is 2.04. The van der Waals surface area contributed by atoms with Crippen LogP contribution in [0.2, 0.25) is 0 Å². The van der Waals surface area contributed by atoms with Crippen LogP contribution in [0.25, 0.3) is 0 Å². The summed E-state index contributed by atoms with van der Waals surface area (Å²) in [5.41, 5.74) is 0.291. The highest BCUT2D eigenvalue weighted by Gasteiger charge is 2.27. The highest BCUT2D eigenvalue weighted by molar-refractivity contribution is 7.90. The molecular formula is C15H18N4O4S. The van der Waals surface area contributed by atoms with Gasteiger partial charge in [0.05, 0.1) is 21.5 Å². The molecule has 2 heterocycles. The van der Waals surface area contributed by atoms with E-state index in [0.717, 1.165) is 25.2 Å². The summed E-state index contributed by atoms with van der Waals surface area (Å²) in [5.74, 6) is 0. The average molecular weight is 350 g/mol. The molecule has 1 aromatic carbocycles. The molecule has 2 aromatic rings.